The highest BCUT2D eigenvalue weighted by Crippen LogP contribution is 2.50. The van der Waals surface area contributed by atoms with Crippen LogP contribution in [0, 0.1) is 11.8 Å². The molecule has 0 aromatic rings. The lowest BCUT2D eigenvalue weighted by Gasteiger charge is -2.13. The Morgan fingerprint density at radius 2 is 2.08 bits per heavy atom. The Hall–Kier alpha value is -0.780. The zero-order valence-electron chi connectivity index (χ0n) is 7.26. The molecule has 1 fully saturated rings. The van der Waals surface area contributed by atoms with Crippen molar-refractivity contribution in [1.82, 2.24) is 5.06 Å². The summed E-state index contributed by atoms with van der Waals surface area (Å²) in [5.41, 5.74) is 0. The largest absolute Gasteiger partial charge is 0.392 e. The second-order valence-corrected chi connectivity index (χ2v) is 3.01. The number of rotatable bonds is 2. The minimum atomic E-state index is -4.26. The molecule has 0 bridgehead atoms. The van der Waals surface area contributed by atoms with Crippen LogP contribution in [0.3, 0.4) is 0 Å². The molecule has 0 unspecified atom stereocenters. The first-order valence-corrected chi connectivity index (χ1v) is 3.76. The van der Waals surface area contributed by atoms with Crippen LogP contribution < -0.4 is 0 Å². The van der Waals surface area contributed by atoms with Gasteiger partial charge in [0.2, 0.25) is 5.91 Å². The number of amides is 1. The van der Waals surface area contributed by atoms with Gasteiger partial charge >= 0.3 is 6.18 Å². The van der Waals surface area contributed by atoms with Gasteiger partial charge in [-0.3, -0.25) is 9.63 Å². The second kappa shape index (κ2) is 3.17. The van der Waals surface area contributed by atoms with E-state index in [1.807, 2.05) is 0 Å². The van der Waals surface area contributed by atoms with Crippen molar-refractivity contribution in [1.29, 1.82) is 0 Å². The third-order valence-electron chi connectivity index (χ3n) is 2.11. The molecule has 0 aromatic carbocycles. The fourth-order valence-corrected chi connectivity index (χ4v) is 1.15. The third kappa shape index (κ3) is 2.12. The van der Waals surface area contributed by atoms with Crippen LogP contribution in [0.5, 0.6) is 0 Å². The molecule has 0 aromatic heterocycles. The number of hydroxylamine groups is 2. The standard InChI is InChI=1S/C7H10F3NO2/c1-11(13-2)6(12)4-3-5(4)7(8,9)10/h4-5H,3H2,1-2H3/t4-,5-/m1/s1. The van der Waals surface area contributed by atoms with Crippen LogP contribution in [-0.4, -0.2) is 31.3 Å². The van der Waals surface area contributed by atoms with Gasteiger partial charge in [-0.25, -0.2) is 5.06 Å². The molecule has 0 radical (unpaired) electrons. The topological polar surface area (TPSA) is 29.5 Å². The molecule has 0 N–H and O–H groups in total. The van der Waals surface area contributed by atoms with Gasteiger partial charge in [0.25, 0.3) is 0 Å². The number of nitrogens with zero attached hydrogens (tertiary/aromatic N) is 1. The Balaban J connectivity index is 2.47. The van der Waals surface area contributed by atoms with Gasteiger partial charge in [0.1, 0.15) is 0 Å². The van der Waals surface area contributed by atoms with Gasteiger partial charge < -0.3 is 0 Å². The van der Waals surface area contributed by atoms with E-state index in [0.29, 0.717) is 0 Å². The van der Waals surface area contributed by atoms with E-state index in [9.17, 15) is 18.0 Å². The summed E-state index contributed by atoms with van der Waals surface area (Å²) in [4.78, 5) is 15.6. The first-order chi connectivity index (χ1) is 5.88. The predicted molar refractivity (Wildman–Crippen MR) is 37.4 cm³/mol. The van der Waals surface area contributed by atoms with E-state index in [2.05, 4.69) is 4.84 Å². The molecule has 1 amide bonds. The molecule has 0 saturated heterocycles. The molecule has 6 heteroatoms. The van der Waals surface area contributed by atoms with Crippen molar-refractivity contribution in [3.63, 3.8) is 0 Å². The predicted octanol–water partition coefficient (Wildman–Crippen LogP) is 1.20. The lowest BCUT2D eigenvalue weighted by Crippen LogP contribution is -2.29. The summed E-state index contributed by atoms with van der Waals surface area (Å²) >= 11 is 0. The van der Waals surface area contributed by atoms with Crippen LogP contribution in [0.4, 0.5) is 13.2 Å². The van der Waals surface area contributed by atoms with E-state index in [1.54, 1.807) is 0 Å². The normalized spacial score (nSPS) is 27.2. The minimum absolute atomic E-state index is 0.115. The molecule has 3 nitrogen and oxygen atoms in total. The van der Waals surface area contributed by atoms with Crippen LogP contribution in [0.2, 0.25) is 0 Å². The van der Waals surface area contributed by atoms with E-state index >= 15 is 0 Å². The van der Waals surface area contributed by atoms with Crippen LogP contribution in [0.1, 0.15) is 6.42 Å². The maximum atomic E-state index is 12.0. The van der Waals surface area contributed by atoms with Gasteiger partial charge in [-0.1, -0.05) is 0 Å². The van der Waals surface area contributed by atoms with Gasteiger partial charge in [0.15, 0.2) is 0 Å². The van der Waals surface area contributed by atoms with Gasteiger partial charge in [-0.2, -0.15) is 13.2 Å². The highest BCUT2D eigenvalue weighted by molar-refractivity contribution is 5.80. The number of alkyl halides is 3. The van der Waals surface area contributed by atoms with Crippen molar-refractivity contribution < 1.29 is 22.8 Å². The fraction of sp³-hybridized carbons (Fsp3) is 0.857. The third-order valence-corrected chi connectivity index (χ3v) is 2.11. The molecule has 2 atom stereocenters. The van der Waals surface area contributed by atoms with Crippen molar-refractivity contribution in [2.24, 2.45) is 11.8 Å². The Morgan fingerprint density at radius 3 is 2.38 bits per heavy atom. The monoisotopic (exact) mass is 197 g/mol. The molecule has 13 heavy (non-hydrogen) atoms. The van der Waals surface area contributed by atoms with Crippen LogP contribution in [-0.2, 0) is 9.63 Å². The summed E-state index contributed by atoms with van der Waals surface area (Å²) < 4.78 is 36.0. The van der Waals surface area contributed by atoms with E-state index in [4.69, 9.17) is 0 Å². The molecule has 0 heterocycles. The summed E-state index contributed by atoms with van der Waals surface area (Å²) in [6, 6.07) is 0. The number of carbonyl (C=O) groups is 1. The number of carbonyl (C=O) groups excluding carboxylic acids is 1. The number of hydrogen-bond donors (Lipinski definition) is 0. The summed E-state index contributed by atoms with van der Waals surface area (Å²) in [5, 5.41) is 0.830. The maximum Gasteiger partial charge on any atom is 0.392 e. The van der Waals surface area contributed by atoms with E-state index < -0.39 is 23.9 Å². The minimum Gasteiger partial charge on any atom is -0.275 e. The molecule has 1 aliphatic carbocycles. The fourth-order valence-electron chi connectivity index (χ4n) is 1.15. The first-order valence-electron chi connectivity index (χ1n) is 3.76. The molecular formula is C7H10F3NO2. The molecule has 1 aliphatic rings. The summed E-state index contributed by atoms with van der Waals surface area (Å²) in [6.45, 7) is 0. The molecule has 0 aliphatic heterocycles. The second-order valence-electron chi connectivity index (χ2n) is 3.01. The number of hydrogen-bond acceptors (Lipinski definition) is 2. The van der Waals surface area contributed by atoms with Crippen LogP contribution in [0.15, 0.2) is 0 Å². The molecule has 1 rings (SSSR count). The van der Waals surface area contributed by atoms with Gasteiger partial charge in [-0.15, -0.1) is 0 Å². The van der Waals surface area contributed by atoms with Gasteiger partial charge in [-0.05, 0) is 6.42 Å². The summed E-state index contributed by atoms with van der Waals surface area (Å²) in [6.07, 6.45) is -4.37. The van der Waals surface area contributed by atoms with E-state index in [-0.39, 0.29) is 6.42 Å². The average Bonchev–Trinajstić information content (AvgIpc) is 2.79. The molecule has 76 valence electrons. The molecular weight excluding hydrogens is 187 g/mol. The average molecular weight is 197 g/mol. The lowest BCUT2D eigenvalue weighted by atomic mass is 10.3. The van der Waals surface area contributed by atoms with E-state index in [1.165, 1.54) is 14.2 Å². The van der Waals surface area contributed by atoms with Crippen molar-refractivity contribution >= 4 is 5.91 Å². The zero-order valence-corrected chi connectivity index (χ0v) is 7.26. The van der Waals surface area contributed by atoms with Gasteiger partial charge in [0, 0.05) is 7.05 Å². The quantitative estimate of drug-likeness (QED) is 0.622. The van der Waals surface area contributed by atoms with Crippen molar-refractivity contribution in [2.45, 2.75) is 12.6 Å². The maximum absolute atomic E-state index is 12.0. The Morgan fingerprint density at radius 1 is 1.54 bits per heavy atom. The SMILES string of the molecule is CON(C)C(=O)[C@@H]1C[C@H]1C(F)(F)F. The highest BCUT2D eigenvalue weighted by atomic mass is 19.4. The molecule has 0 spiro atoms. The molecule has 1 saturated carbocycles. The Labute approximate surface area is 73.4 Å². The van der Waals surface area contributed by atoms with Crippen LogP contribution in [0.25, 0.3) is 0 Å². The Kier molecular flexibility index (Phi) is 2.51. The first kappa shape index (κ1) is 10.3. The summed E-state index contributed by atoms with van der Waals surface area (Å²) in [5.74, 6) is -3.02. The van der Waals surface area contributed by atoms with E-state index in [0.717, 1.165) is 5.06 Å². The van der Waals surface area contributed by atoms with Crippen molar-refractivity contribution in [3.05, 3.63) is 0 Å². The van der Waals surface area contributed by atoms with Crippen LogP contribution >= 0.6 is 0 Å². The smallest absolute Gasteiger partial charge is 0.275 e. The zero-order chi connectivity index (χ0) is 10.2. The van der Waals surface area contributed by atoms with Crippen molar-refractivity contribution in [2.75, 3.05) is 14.2 Å². The highest BCUT2D eigenvalue weighted by Gasteiger charge is 2.59. The lowest BCUT2D eigenvalue weighted by molar-refractivity contribution is -0.178. The number of halogens is 3. The van der Waals surface area contributed by atoms with Crippen molar-refractivity contribution in [3.8, 4) is 0 Å². The van der Waals surface area contributed by atoms with Gasteiger partial charge in [0.05, 0.1) is 18.9 Å². The Bertz CT molecular complexity index is 216. The summed E-state index contributed by atoms with van der Waals surface area (Å²) in [7, 11) is 2.54.